The zero-order chi connectivity index (χ0) is 11.0. The molecular formula is C7H15F2NO3S. The topological polar surface area (TPSA) is 66.4 Å². The van der Waals surface area contributed by atoms with Gasteiger partial charge in [-0.1, -0.05) is 12.8 Å². The Hall–Kier alpha value is -0.270. The van der Waals surface area contributed by atoms with Crippen LogP contribution in [-0.2, 0) is 10.0 Å². The van der Waals surface area contributed by atoms with Crippen LogP contribution in [0.1, 0.15) is 25.7 Å². The molecule has 7 heteroatoms. The highest BCUT2D eigenvalue weighted by atomic mass is 32.2. The van der Waals surface area contributed by atoms with E-state index in [-0.39, 0.29) is 13.2 Å². The molecule has 4 nitrogen and oxygen atoms in total. The number of alkyl halides is 2. The molecule has 0 rings (SSSR count). The number of aliphatic hydroxyl groups excluding tert-OH is 1. The molecule has 0 radical (unpaired) electrons. The lowest BCUT2D eigenvalue weighted by Crippen LogP contribution is -2.30. The molecule has 0 bridgehead atoms. The lowest BCUT2D eigenvalue weighted by atomic mass is 10.2. The van der Waals surface area contributed by atoms with E-state index in [1.165, 1.54) is 0 Å². The van der Waals surface area contributed by atoms with Crippen LogP contribution in [-0.4, -0.2) is 32.4 Å². The minimum atomic E-state index is -4.42. The van der Waals surface area contributed by atoms with Crippen molar-refractivity contribution in [1.29, 1.82) is 0 Å². The summed E-state index contributed by atoms with van der Waals surface area (Å²) in [6.07, 6.45) is 2.65. The van der Waals surface area contributed by atoms with Crippen LogP contribution in [0.2, 0.25) is 0 Å². The maximum absolute atomic E-state index is 11.8. The van der Waals surface area contributed by atoms with E-state index < -0.39 is 15.8 Å². The van der Waals surface area contributed by atoms with Gasteiger partial charge in [0.15, 0.2) is 0 Å². The summed E-state index contributed by atoms with van der Waals surface area (Å²) in [6, 6.07) is 0. The van der Waals surface area contributed by atoms with Gasteiger partial charge in [-0.25, -0.2) is 13.1 Å². The molecule has 0 amide bonds. The first-order chi connectivity index (χ1) is 6.50. The molecule has 0 aromatic carbocycles. The summed E-state index contributed by atoms with van der Waals surface area (Å²) in [7, 11) is -4.42. The van der Waals surface area contributed by atoms with Gasteiger partial charge in [-0.3, -0.25) is 0 Å². The normalized spacial score (nSPS) is 12.3. The number of hydrogen-bond acceptors (Lipinski definition) is 3. The predicted octanol–water partition coefficient (Wildman–Crippen LogP) is 0.681. The third-order valence-corrected chi connectivity index (χ3v) is 2.70. The van der Waals surface area contributed by atoms with Gasteiger partial charge in [0.2, 0.25) is 0 Å². The molecule has 2 N–H and O–H groups in total. The maximum atomic E-state index is 11.8. The van der Waals surface area contributed by atoms with Crippen LogP contribution in [0, 0.1) is 0 Å². The zero-order valence-electron chi connectivity index (χ0n) is 7.75. The second-order valence-electron chi connectivity index (χ2n) is 2.84. The fourth-order valence-corrected chi connectivity index (χ4v) is 1.42. The van der Waals surface area contributed by atoms with Gasteiger partial charge in [-0.05, 0) is 12.8 Å². The van der Waals surface area contributed by atoms with E-state index in [0.717, 1.165) is 6.42 Å². The summed E-state index contributed by atoms with van der Waals surface area (Å²) in [6.45, 7) is 0.126. The second kappa shape index (κ2) is 7.08. The molecule has 0 saturated heterocycles. The van der Waals surface area contributed by atoms with Crippen LogP contribution in [0.3, 0.4) is 0 Å². The largest absolute Gasteiger partial charge is 0.396 e. The average molecular weight is 231 g/mol. The standard InChI is InChI=1S/C7H15F2NO3S/c8-7(9)14(12,13)10-5-3-1-2-4-6-11/h7,10-11H,1-6H2. The first-order valence-electron chi connectivity index (χ1n) is 4.38. The van der Waals surface area contributed by atoms with Crippen molar-refractivity contribution in [3.8, 4) is 0 Å². The Morgan fingerprint density at radius 3 is 2.21 bits per heavy atom. The van der Waals surface area contributed by atoms with Gasteiger partial charge in [0, 0.05) is 13.2 Å². The molecule has 0 aliphatic heterocycles. The fraction of sp³-hybridized carbons (Fsp3) is 1.00. The quantitative estimate of drug-likeness (QED) is 0.604. The van der Waals surface area contributed by atoms with Crippen molar-refractivity contribution in [2.75, 3.05) is 13.2 Å². The van der Waals surface area contributed by atoms with Gasteiger partial charge >= 0.3 is 5.76 Å². The van der Waals surface area contributed by atoms with Gasteiger partial charge in [0.05, 0.1) is 0 Å². The summed E-state index contributed by atoms with van der Waals surface area (Å²) in [4.78, 5) is 0. The van der Waals surface area contributed by atoms with E-state index in [0.29, 0.717) is 19.3 Å². The monoisotopic (exact) mass is 231 g/mol. The molecule has 0 unspecified atom stereocenters. The highest BCUT2D eigenvalue weighted by molar-refractivity contribution is 7.89. The lowest BCUT2D eigenvalue weighted by molar-refractivity contribution is 0.232. The van der Waals surface area contributed by atoms with Gasteiger partial charge in [0.25, 0.3) is 10.0 Å². The van der Waals surface area contributed by atoms with Gasteiger partial charge < -0.3 is 5.11 Å². The number of unbranched alkanes of at least 4 members (excludes halogenated alkanes) is 3. The third-order valence-electron chi connectivity index (χ3n) is 1.62. The Morgan fingerprint density at radius 1 is 1.14 bits per heavy atom. The number of hydrogen-bond donors (Lipinski definition) is 2. The summed E-state index contributed by atoms with van der Waals surface area (Å²) < 4.78 is 46.3. The van der Waals surface area contributed by atoms with Crippen LogP contribution < -0.4 is 4.72 Å². The Balaban J connectivity index is 3.46. The maximum Gasteiger partial charge on any atom is 0.350 e. The molecule has 86 valence electrons. The van der Waals surface area contributed by atoms with Crippen LogP contribution in [0.25, 0.3) is 0 Å². The summed E-state index contributed by atoms with van der Waals surface area (Å²) in [5, 5.41) is 8.41. The van der Waals surface area contributed by atoms with E-state index >= 15 is 0 Å². The highest BCUT2D eigenvalue weighted by Gasteiger charge is 2.22. The van der Waals surface area contributed by atoms with Crippen molar-refractivity contribution in [2.24, 2.45) is 0 Å². The van der Waals surface area contributed by atoms with Gasteiger partial charge in [-0.2, -0.15) is 8.78 Å². The SMILES string of the molecule is O=S(=O)(NCCCCCCO)C(F)F. The zero-order valence-corrected chi connectivity index (χ0v) is 8.56. The van der Waals surface area contributed by atoms with Crippen LogP contribution in [0.5, 0.6) is 0 Å². The molecule has 0 fully saturated rings. The fourth-order valence-electron chi connectivity index (χ4n) is 0.868. The van der Waals surface area contributed by atoms with Gasteiger partial charge in [-0.15, -0.1) is 0 Å². The minimum absolute atomic E-state index is 0.0259. The van der Waals surface area contributed by atoms with E-state index in [2.05, 4.69) is 0 Å². The third kappa shape index (κ3) is 6.22. The summed E-state index contributed by atoms with van der Waals surface area (Å²) in [5.41, 5.74) is 0. The molecule has 0 spiro atoms. The molecule has 0 aliphatic rings. The first-order valence-corrected chi connectivity index (χ1v) is 5.93. The smallest absolute Gasteiger partial charge is 0.350 e. The Morgan fingerprint density at radius 2 is 1.71 bits per heavy atom. The van der Waals surface area contributed by atoms with Crippen LogP contribution in [0.15, 0.2) is 0 Å². The van der Waals surface area contributed by atoms with Crippen LogP contribution in [0.4, 0.5) is 8.78 Å². The summed E-state index contributed by atoms with van der Waals surface area (Å²) >= 11 is 0. The van der Waals surface area contributed by atoms with E-state index in [1.54, 1.807) is 4.72 Å². The molecular weight excluding hydrogens is 216 g/mol. The van der Waals surface area contributed by atoms with E-state index in [4.69, 9.17) is 5.11 Å². The number of aliphatic hydroxyl groups is 1. The minimum Gasteiger partial charge on any atom is -0.396 e. The second-order valence-corrected chi connectivity index (χ2v) is 4.57. The molecule has 0 heterocycles. The van der Waals surface area contributed by atoms with Crippen molar-refractivity contribution in [3.05, 3.63) is 0 Å². The number of nitrogens with one attached hydrogen (secondary N) is 1. The Bertz CT molecular complexity index is 231. The Labute approximate surface area is 82.4 Å². The molecule has 0 saturated carbocycles. The highest BCUT2D eigenvalue weighted by Crippen LogP contribution is 2.03. The molecule has 0 aromatic heterocycles. The lowest BCUT2D eigenvalue weighted by Gasteiger charge is -2.04. The molecule has 14 heavy (non-hydrogen) atoms. The molecule has 0 atom stereocenters. The van der Waals surface area contributed by atoms with Crippen molar-refractivity contribution in [2.45, 2.75) is 31.4 Å². The molecule has 0 aliphatic carbocycles. The van der Waals surface area contributed by atoms with Crippen LogP contribution >= 0.6 is 0 Å². The number of halogens is 2. The van der Waals surface area contributed by atoms with Crippen molar-refractivity contribution < 1.29 is 22.3 Å². The van der Waals surface area contributed by atoms with E-state index in [9.17, 15) is 17.2 Å². The number of rotatable bonds is 8. The summed E-state index contributed by atoms with van der Waals surface area (Å²) in [5.74, 6) is -3.36. The Kier molecular flexibility index (Phi) is 6.94. The van der Waals surface area contributed by atoms with Crippen molar-refractivity contribution in [1.82, 2.24) is 4.72 Å². The first kappa shape index (κ1) is 13.7. The predicted molar refractivity (Wildman–Crippen MR) is 48.5 cm³/mol. The van der Waals surface area contributed by atoms with E-state index in [1.807, 2.05) is 0 Å². The molecule has 0 aromatic rings. The number of sulfonamides is 1. The average Bonchev–Trinajstić information content (AvgIpc) is 2.10. The van der Waals surface area contributed by atoms with Crippen molar-refractivity contribution >= 4 is 10.0 Å². The van der Waals surface area contributed by atoms with Gasteiger partial charge in [0.1, 0.15) is 0 Å². The van der Waals surface area contributed by atoms with Crippen molar-refractivity contribution in [3.63, 3.8) is 0 Å².